The topological polar surface area (TPSA) is 66.9 Å². The molecule has 0 heterocycles. The van der Waals surface area contributed by atoms with Crippen molar-refractivity contribution in [1.29, 1.82) is 0 Å². The number of sulfonamides is 1. The number of rotatable bonds is 9. The lowest BCUT2D eigenvalue weighted by molar-refractivity contribution is 0.0773. The Balaban J connectivity index is 1.73. The highest BCUT2D eigenvalue weighted by Crippen LogP contribution is 2.32. The van der Waals surface area contributed by atoms with Gasteiger partial charge in [0.2, 0.25) is 10.0 Å². The zero-order valence-electron chi connectivity index (χ0n) is 19.5. The van der Waals surface area contributed by atoms with E-state index in [0.29, 0.717) is 44.7 Å². The summed E-state index contributed by atoms with van der Waals surface area (Å²) in [6.45, 7) is 5.11. The van der Waals surface area contributed by atoms with Gasteiger partial charge in [0.1, 0.15) is 11.5 Å². The third-order valence-electron chi connectivity index (χ3n) is 5.40. The highest BCUT2D eigenvalue weighted by Gasteiger charge is 2.23. The van der Waals surface area contributed by atoms with E-state index >= 15 is 0 Å². The molecule has 3 aromatic rings. The van der Waals surface area contributed by atoms with Crippen LogP contribution in [0.25, 0.3) is 0 Å². The molecule has 3 aromatic carbocycles. The molecule has 6 nitrogen and oxygen atoms in total. The number of hydrogen-bond donors (Lipinski definition) is 0. The lowest BCUT2D eigenvalue weighted by Gasteiger charge is -2.20. The summed E-state index contributed by atoms with van der Waals surface area (Å²) in [6.07, 6.45) is 0. The van der Waals surface area contributed by atoms with Gasteiger partial charge in [-0.15, -0.1) is 0 Å². The van der Waals surface area contributed by atoms with E-state index in [1.165, 1.54) is 23.5 Å². The van der Waals surface area contributed by atoms with Gasteiger partial charge in [0.25, 0.3) is 5.91 Å². The van der Waals surface area contributed by atoms with Gasteiger partial charge >= 0.3 is 0 Å². The van der Waals surface area contributed by atoms with E-state index in [1.54, 1.807) is 53.4 Å². The summed E-state index contributed by atoms with van der Waals surface area (Å²) in [5.74, 6) is 0.957. The molecule has 0 N–H and O–H groups in total. The Labute approximate surface area is 224 Å². The van der Waals surface area contributed by atoms with Crippen molar-refractivity contribution in [3.05, 3.63) is 86.3 Å². The summed E-state index contributed by atoms with van der Waals surface area (Å²) in [7, 11) is -2.26. The van der Waals surface area contributed by atoms with Crippen LogP contribution >= 0.6 is 39.1 Å². The van der Waals surface area contributed by atoms with Crippen molar-refractivity contribution in [3.63, 3.8) is 0 Å². The van der Waals surface area contributed by atoms with E-state index in [-0.39, 0.29) is 17.3 Å². The fourth-order valence-corrected chi connectivity index (χ4v) is 5.28. The molecule has 186 valence electrons. The molecular formula is C25H25BrCl2N2O4S. The molecule has 0 saturated carbocycles. The van der Waals surface area contributed by atoms with Crippen molar-refractivity contribution in [3.8, 4) is 11.5 Å². The van der Waals surface area contributed by atoms with Gasteiger partial charge in [-0.25, -0.2) is 8.42 Å². The highest BCUT2D eigenvalue weighted by molar-refractivity contribution is 9.10. The number of benzene rings is 3. The van der Waals surface area contributed by atoms with E-state index in [0.717, 1.165) is 5.56 Å². The van der Waals surface area contributed by atoms with Crippen LogP contribution in [0, 0.1) is 0 Å². The lowest BCUT2D eigenvalue weighted by atomic mass is 10.2. The molecule has 0 saturated heterocycles. The molecule has 35 heavy (non-hydrogen) atoms. The second-order valence-corrected chi connectivity index (χ2v) is 11.4. The molecule has 10 heteroatoms. The number of nitrogens with zero attached hydrogens (tertiary/aromatic N) is 2. The van der Waals surface area contributed by atoms with Crippen LogP contribution in [-0.4, -0.2) is 43.7 Å². The number of carbonyl (C=O) groups is 1. The molecule has 3 rings (SSSR count). The van der Waals surface area contributed by atoms with Gasteiger partial charge in [-0.05, 0) is 67.9 Å². The Kier molecular flexibility index (Phi) is 9.23. The largest absolute Gasteiger partial charge is 0.457 e. The van der Waals surface area contributed by atoms with Crippen LogP contribution in [-0.2, 0) is 16.6 Å². The number of ether oxygens (including phenoxy) is 1. The van der Waals surface area contributed by atoms with Crippen molar-refractivity contribution < 1.29 is 17.9 Å². The minimum Gasteiger partial charge on any atom is -0.457 e. The monoisotopic (exact) mass is 598 g/mol. The molecule has 0 radical (unpaired) electrons. The molecule has 0 aliphatic rings. The molecule has 0 fully saturated rings. The maximum atomic E-state index is 13.1. The average Bonchev–Trinajstić information content (AvgIpc) is 2.83. The Bertz CT molecular complexity index is 1310. The average molecular weight is 600 g/mol. The van der Waals surface area contributed by atoms with Crippen LogP contribution in [0.2, 0.25) is 10.0 Å². The first-order valence-electron chi connectivity index (χ1n) is 10.8. The summed E-state index contributed by atoms with van der Waals surface area (Å²) in [5.41, 5.74) is 1.21. The Morgan fingerprint density at radius 2 is 1.51 bits per heavy atom. The first kappa shape index (κ1) is 27.5. The molecule has 0 atom stereocenters. The molecule has 0 aliphatic carbocycles. The third-order valence-corrected chi connectivity index (χ3v) is 8.70. The van der Waals surface area contributed by atoms with E-state index in [1.807, 2.05) is 13.8 Å². The maximum Gasteiger partial charge on any atom is 0.253 e. The summed E-state index contributed by atoms with van der Waals surface area (Å²) >= 11 is 15.5. The van der Waals surface area contributed by atoms with E-state index in [9.17, 15) is 13.2 Å². The normalized spacial score (nSPS) is 11.5. The number of amides is 1. The molecule has 0 aromatic heterocycles. The van der Waals surface area contributed by atoms with Gasteiger partial charge in [0.15, 0.2) is 0 Å². The standard InChI is InChI=1S/C25H25BrCl2N2O4S/c1-4-30(5-2)25(31)17-7-11-21(12-8-17)35(32,33)29(3)16-18-6-9-19(14-22(18)26)34-20-10-13-23(27)24(28)15-20/h6-15H,4-5,16H2,1-3H3. The van der Waals surface area contributed by atoms with Gasteiger partial charge in [0.05, 0.1) is 14.9 Å². The molecule has 0 aliphatic heterocycles. The first-order valence-corrected chi connectivity index (χ1v) is 13.8. The maximum absolute atomic E-state index is 13.1. The quantitative estimate of drug-likeness (QED) is 0.270. The van der Waals surface area contributed by atoms with Gasteiger partial charge in [-0.3, -0.25) is 4.79 Å². The second-order valence-electron chi connectivity index (χ2n) is 7.69. The Morgan fingerprint density at radius 3 is 2.09 bits per heavy atom. The predicted molar refractivity (Wildman–Crippen MR) is 143 cm³/mol. The number of carbonyl (C=O) groups excluding carboxylic acids is 1. The lowest BCUT2D eigenvalue weighted by Crippen LogP contribution is -2.30. The summed E-state index contributed by atoms with van der Waals surface area (Å²) < 4.78 is 34.0. The first-order chi connectivity index (χ1) is 16.6. The van der Waals surface area contributed by atoms with Gasteiger partial charge in [0, 0.05) is 42.8 Å². The Hall–Kier alpha value is -2.10. The summed E-state index contributed by atoms with van der Waals surface area (Å²) in [4.78, 5) is 14.3. The van der Waals surface area contributed by atoms with Gasteiger partial charge in [-0.1, -0.05) is 45.2 Å². The van der Waals surface area contributed by atoms with Crippen LogP contribution in [0.1, 0.15) is 29.8 Å². The predicted octanol–water partition coefficient (Wildman–Crippen LogP) is 6.85. The van der Waals surface area contributed by atoms with Crippen molar-refractivity contribution in [1.82, 2.24) is 9.21 Å². The van der Waals surface area contributed by atoms with Gasteiger partial charge < -0.3 is 9.64 Å². The van der Waals surface area contributed by atoms with Crippen LogP contribution in [0.5, 0.6) is 11.5 Å². The molecule has 1 amide bonds. The van der Waals surface area contributed by atoms with Crippen LogP contribution < -0.4 is 4.74 Å². The molecule has 0 bridgehead atoms. The fourth-order valence-electron chi connectivity index (χ4n) is 3.36. The minimum absolute atomic E-state index is 0.117. The summed E-state index contributed by atoms with van der Waals surface area (Å²) in [5, 5.41) is 0.821. The second kappa shape index (κ2) is 11.8. The van der Waals surface area contributed by atoms with Crippen molar-refractivity contribution in [2.24, 2.45) is 0 Å². The minimum atomic E-state index is -3.77. The van der Waals surface area contributed by atoms with Crippen molar-refractivity contribution in [2.45, 2.75) is 25.3 Å². The number of hydrogen-bond acceptors (Lipinski definition) is 4. The number of halogens is 3. The van der Waals surface area contributed by atoms with Crippen LogP contribution in [0.15, 0.2) is 70.0 Å². The van der Waals surface area contributed by atoms with Crippen LogP contribution in [0.3, 0.4) is 0 Å². The Morgan fingerprint density at radius 1 is 0.914 bits per heavy atom. The van der Waals surface area contributed by atoms with Gasteiger partial charge in [-0.2, -0.15) is 4.31 Å². The van der Waals surface area contributed by atoms with Crippen molar-refractivity contribution in [2.75, 3.05) is 20.1 Å². The zero-order chi connectivity index (χ0) is 25.8. The molecule has 0 spiro atoms. The van der Waals surface area contributed by atoms with E-state index < -0.39 is 10.0 Å². The zero-order valence-corrected chi connectivity index (χ0v) is 23.4. The highest BCUT2D eigenvalue weighted by atomic mass is 79.9. The van der Waals surface area contributed by atoms with Crippen LogP contribution in [0.4, 0.5) is 0 Å². The SMILES string of the molecule is CCN(CC)C(=O)c1ccc(S(=O)(=O)N(C)Cc2ccc(Oc3ccc(Cl)c(Cl)c3)cc2Br)cc1. The smallest absolute Gasteiger partial charge is 0.253 e. The molecular weight excluding hydrogens is 575 g/mol. The van der Waals surface area contributed by atoms with Crippen molar-refractivity contribution >= 4 is 55.1 Å². The fraction of sp³-hybridized carbons (Fsp3) is 0.240. The summed E-state index contributed by atoms with van der Waals surface area (Å²) in [6, 6.07) is 16.3. The van der Waals surface area contributed by atoms with E-state index in [4.69, 9.17) is 27.9 Å². The molecule has 0 unspecified atom stereocenters. The third kappa shape index (κ3) is 6.57. The van der Waals surface area contributed by atoms with E-state index in [2.05, 4.69) is 15.9 Å².